The third-order valence-corrected chi connectivity index (χ3v) is 7.34. The van der Waals surface area contributed by atoms with Gasteiger partial charge in [-0.15, -0.1) is 0 Å². The van der Waals surface area contributed by atoms with Crippen LogP contribution >= 0.6 is 23.5 Å². The summed E-state index contributed by atoms with van der Waals surface area (Å²) in [4.78, 5) is 0.242. The van der Waals surface area contributed by atoms with E-state index in [-0.39, 0.29) is 10.9 Å². The molecule has 0 unspecified atom stereocenters. The number of fused-ring (bicyclic) bond motifs is 1. The first-order valence-electron chi connectivity index (χ1n) is 6.94. The topological polar surface area (TPSA) is 72.4 Å². The number of rotatable bonds is 6. The highest BCUT2D eigenvalue weighted by Crippen LogP contribution is 2.30. The summed E-state index contributed by atoms with van der Waals surface area (Å²) in [6.45, 7) is 0.740. The minimum Gasteiger partial charge on any atom is -0.383 e. The summed E-state index contributed by atoms with van der Waals surface area (Å²) in [5.74, 6) is 1.82. The highest BCUT2D eigenvalue weighted by atomic mass is 32.2. The van der Waals surface area contributed by atoms with E-state index in [1.54, 1.807) is 41.4 Å². The van der Waals surface area contributed by atoms with Gasteiger partial charge in [-0.3, -0.25) is 0 Å². The van der Waals surface area contributed by atoms with Crippen LogP contribution in [0.3, 0.4) is 0 Å². The molecule has 0 saturated carbocycles. The zero-order chi connectivity index (χ0) is 15.6. The van der Waals surface area contributed by atoms with Crippen LogP contribution < -0.4 is 0 Å². The SMILES string of the molecule is COCCN([C@H]1CCSC1)S(=O)(=O)c1cccc2nsnc12. The van der Waals surface area contributed by atoms with Gasteiger partial charge in [0.2, 0.25) is 10.0 Å². The summed E-state index contributed by atoms with van der Waals surface area (Å²) < 4.78 is 41.2. The second kappa shape index (κ2) is 6.79. The standard InChI is InChI=1S/C13H17N3O3S3/c1-19-7-6-16(10-5-8-20-9-10)22(17,18)12-4-2-3-11-13(12)15-21-14-11/h2-4,10H,5-9H2,1H3/t10-/m0/s1. The van der Waals surface area contributed by atoms with Crippen molar-refractivity contribution in [1.29, 1.82) is 0 Å². The zero-order valence-electron chi connectivity index (χ0n) is 12.1. The maximum Gasteiger partial charge on any atom is 0.245 e. The molecule has 1 fully saturated rings. The van der Waals surface area contributed by atoms with Gasteiger partial charge in [0.05, 0.1) is 18.3 Å². The van der Waals surface area contributed by atoms with E-state index in [0.29, 0.717) is 24.2 Å². The Hall–Kier alpha value is -0.740. The van der Waals surface area contributed by atoms with E-state index < -0.39 is 10.0 Å². The van der Waals surface area contributed by atoms with Crippen molar-refractivity contribution in [3.05, 3.63) is 18.2 Å². The molecular formula is C13H17N3O3S3. The molecule has 2 heterocycles. The first-order chi connectivity index (χ1) is 10.6. The summed E-state index contributed by atoms with van der Waals surface area (Å²) in [5.41, 5.74) is 1.08. The molecule has 0 bridgehead atoms. The van der Waals surface area contributed by atoms with Gasteiger partial charge in [-0.2, -0.15) is 24.8 Å². The van der Waals surface area contributed by atoms with Crippen molar-refractivity contribution < 1.29 is 13.2 Å². The number of thioether (sulfide) groups is 1. The Kier molecular flexibility index (Phi) is 4.98. The van der Waals surface area contributed by atoms with Crippen molar-refractivity contribution in [1.82, 2.24) is 13.1 Å². The Bertz CT molecular complexity index is 741. The molecule has 1 atom stereocenters. The molecule has 22 heavy (non-hydrogen) atoms. The third kappa shape index (κ3) is 3.00. The second-order valence-electron chi connectivity index (χ2n) is 5.01. The van der Waals surface area contributed by atoms with E-state index in [1.165, 1.54) is 0 Å². The minimum atomic E-state index is -3.61. The van der Waals surface area contributed by atoms with Crippen molar-refractivity contribution >= 4 is 44.5 Å². The number of ether oxygens (including phenoxy) is 1. The molecule has 1 aliphatic rings. The van der Waals surface area contributed by atoms with E-state index in [2.05, 4.69) is 8.75 Å². The average Bonchev–Trinajstić information content (AvgIpc) is 3.18. The molecule has 1 aromatic heterocycles. The Morgan fingerprint density at radius 3 is 3.00 bits per heavy atom. The summed E-state index contributed by atoms with van der Waals surface area (Å²) in [6, 6.07) is 5.13. The van der Waals surface area contributed by atoms with Crippen molar-refractivity contribution in [2.45, 2.75) is 17.4 Å². The van der Waals surface area contributed by atoms with E-state index in [1.807, 2.05) is 0 Å². The number of sulfonamides is 1. The fourth-order valence-electron chi connectivity index (χ4n) is 2.55. The molecule has 1 aromatic carbocycles. The molecule has 0 aliphatic carbocycles. The predicted octanol–water partition coefficient (Wildman–Crippen LogP) is 1.83. The van der Waals surface area contributed by atoms with E-state index >= 15 is 0 Å². The van der Waals surface area contributed by atoms with Gasteiger partial charge in [0.25, 0.3) is 0 Å². The maximum absolute atomic E-state index is 13.1. The fraction of sp³-hybridized carbons (Fsp3) is 0.538. The highest BCUT2D eigenvalue weighted by molar-refractivity contribution is 7.99. The highest BCUT2D eigenvalue weighted by Gasteiger charge is 2.34. The number of hydrogen-bond donors (Lipinski definition) is 0. The number of aromatic nitrogens is 2. The molecule has 0 spiro atoms. The smallest absolute Gasteiger partial charge is 0.245 e. The molecule has 0 amide bonds. The molecule has 6 nitrogen and oxygen atoms in total. The molecule has 120 valence electrons. The first kappa shape index (κ1) is 16.1. The number of hydrogen-bond acceptors (Lipinski definition) is 7. The molecule has 0 N–H and O–H groups in total. The van der Waals surface area contributed by atoms with E-state index in [9.17, 15) is 8.42 Å². The molecule has 3 rings (SSSR count). The lowest BCUT2D eigenvalue weighted by atomic mass is 10.3. The van der Waals surface area contributed by atoms with Gasteiger partial charge >= 0.3 is 0 Å². The Morgan fingerprint density at radius 1 is 1.41 bits per heavy atom. The Balaban J connectivity index is 2.02. The van der Waals surface area contributed by atoms with Gasteiger partial charge in [-0.05, 0) is 24.3 Å². The molecule has 2 aromatic rings. The molecular weight excluding hydrogens is 342 g/mol. The third-order valence-electron chi connectivity index (χ3n) is 3.66. The lowest BCUT2D eigenvalue weighted by Crippen LogP contribution is -2.42. The summed E-state index contributed by atoms with van der Waals surface area (Å²) >= 11 is 2.82. The molecule has 0 radical (unpaired) electrons. The summed E-state index contributed by atoms with van der Waals surface area (Å²) in [5, 5.41) is 0. The van der Waals surface area contributed by atoms with Crippen LogP contribution in [-0.2, 0) is 14.8 Å². The van der Waals surface area contributed by atoms with Crippen molar-refractivity contribution in [2.75, 3.05) is 31.8 Å². The van der Waals surface area contributed by atoms with E-state index in [4.69, 9.17) is 4.74 Å². The van der Waals surface area contributed by atoms with Crippen molar-refractivity contribution in [3.8, 4) is 0 Å². The Morgan fingerprint density at radius 2 is 2.27 bits per heavy atom. The monoisotopic (exact) mass is 359 g/mol. The zero-order valence-corrected chi connectivity index (χ0v) is 14.6. The van der Waals surface area contributed by atoms with Gasteiger partial charge in [-0.25, -0.2) is 8.42 Å². The number of benzene rings is 1. The first-order valence-corrected chi connectivity index (χ1v) is 10.3. The number of nitrogens with zero attached hydrogens (tertiary/aromatic N) is 3. The number of methoxy groups -OCH3 is 1. The normalized spacial score (nSPS) is 19.3. The van der Waals surface area contributed by atoms with Crippen LogP contribution in [0.25, 0.3) is 11.0 Å². The van der Waals surface area contributed by atoms with Crippen LogP contribution in [0.4, 0.5) is 0 Å². The van der Waals surface area contributed by atoms with Gasteiger partial charge < -0.3 is 4.74 Å². The lowest BCUT2D eigenvalue weighted by Gasteiger charge is -2.27. The van der Waals surface area contributed by atoms with Crippen LogP contribution in [0.15, 0.2) is 23.1 Å². The lowest BCUT2D eigenvalue weighted by molar-refractivity contribution is 0.169. The molecule has 1 aliphatic heterocycles. The average molecular weight is 359 g/mol. The van der Waals surface area contributed by atoms with Crippen molar-refractivity contribution in [2.24, 2.45) is 0 Å². The van der Waals surface area contributed by atoms with Crippen LogP contribution in [0.5, 0.6) is 0 Å². The summed E-state index contributed by atoms with van der Waals surface area (Å²) in [6.07, 6.45) is 0.874. The molecule has 1 saturated heterocycles. The van der Waals surface area contributed by atoms with Crippen LogP contribution in [0, 0.1) is 0 Å². The Labute approximate surface area is 138 Å². The quantitative estimate of drug-likeness (QED) is 0.784. The van der Waals surface area contributed by atoms with Gasteiger partial charge in [-0.1, -0.05) is 6.07 Å². The maximum atomic E-state index is 13.1. The van der Waals surface area contributed by atoms with Gasteiger partial charge in [0.15, 0.2) is 0 Å². The summed E-state index contributed by atoms with van der Waals surface area (Å²) in [7, 11) is -2.03. The van der Waals surface area contributed by atoms with E-state index in [0.717, 1.165) is 29.7 Å². The van der Waals surface area contributed by atoms with Gasteiger partial charge in [0, 0.05) is 25.4 Å². The van der Waals surface area contributed by atoms with Crippen LogP contribution in [0.2, 0.25) is 0 Å². The predicted molar refractivity (Wildman–Crippen MR) is 88.9 cm³/mol. The second-order valence-corrected chi connectivity index (χ2v) is 8.55. The van der Waals surface area contributed by atoms with Crippen LogP contribution in [-0.4, -0.2) is 59.3 Å². The van der Waals surface area contributed by atoms with Crippen molar-refractivity contribution in [3.63, 3.8) is 0 Å². The van der Waals surface area contributed by atoms with Crippen LogP contribution in [0.1, 0.15) is 6.42 Å². The molecule has 9 heteroatoms. The largest absolute Gasteiger partial charge is 0.383 e. The fourth-order valence-corrected chi connectivity index (χ4v) is 6.26. The minimum absolute atomic E-state index is 0.0204. The van der Waals surface area contributed by atoms with Gasteiger partial charge in [0.1, 0.15) is 15.9 Å².